The van der Waals surface area contributed by atoms with Crippen LogP contribution in [0.4, 0.5) is 0 Å². The minimum absolute atomic E-state index is 0.0736. The molecule has 0 fully saturated rings. The highest BCUT2D eigenvalue weighted by molar-refractivity contribution is 5.64. The molecule has 0 N–H and O–H groups in total. The van der Waals surface area contributed by atoms with Crippen molar-refractivity contribution in [2.45, 2.75) is 45.4 Å². The highest BCUT2D eigenvalue weighted by Crippen LogP contribution is 2.04. The number of rotatable bonds is 7. The molecule has 0 aromatic carbocycles. The molecule has 1 unspecified atom stereocenters. The molecule has 1 atom stereocenters. The highest BCUT2D eigenvalue weighted by atomic mass is 16.1. The van der Waals surface area contributed by atoms with Crippen LogP contribution in [-0.4, -0.2) is 6.29 Å². The zero-order valence-corrected chi connectivity index (χ0v) is 7.18. The first-order valence-electron chi connectivity index (χ1n) is 5.34. The largest absolute Gasteiger partial charge is 0.299 e. The quantitative estimate of drug-likeness (QED) is 0.314. The molecule has 64 valence electrons. The summed E-state index contributed by atoms with van der Waals surface area (Å²) >= 11 is 0. The van der Waals surface area contributed by atoms with E-state index in [-0.39, 0.29) is 12.4 Å². The summed E-state index contributed by atoms with van der Waals surface area (Å²) in [4.78, 5) is 10.1. The Hall–Kier alpha value is -0.590. The summed E-state index contributed by atoms with van der Waals surface area (Å²) in [5, 5.41) is 0. The molecule has 0 radical (unpaired) electrons. The number of hydrogen-bond acceptors (Lipinski definition) is 1. The molecule has 0 heterocycles. The van der Waals surface area contributed by atoms with Crippen LogP contribution in [0.2, 0.25) is 0 Å². The average Bonchev–Trinajstić information content (AvgIpc) is 2.12. The lowest BCUT2D eigenvalue weighted by Gasteiger charge is -1.94. The molecule has 0 aliphatic carbocycles. The van der Waals surface area contributed by atoms with Crippen LogP contribution in [0.3, 0.4) is 0 Å². The molecule has 0 aliphatic rings. The summed E-state index contributed by atoms with van der Waals surface area (Å²) in [6, 6.07) is -0.0736. The van der Waals surface area contributed by atoms with Crippen LogP contribution >= 0.6 is 0 Å². The van der Waals surface area contributed by atoms with Crippen LogP contribution < -0.4 is 0 Å². The van der Waals surface area contributed by atoms with Gasteiger partial charge < -0.3 is 0 Å². The molecule has 1 heteroatoms. The van der Waals surface area contributed by atoms with Crippen molar-refractivity contribution < 1.29 is 7.54 Å². The fraction of sp³-hybridized carbons (Fsp3) is 0.700. The number of hydrogen-bond donors (Lipinski definition) is 0. The number of carbonyl (C=O) groups is 1. The molecule has 0 spiro atoms. The predicted octanol–water partition coefficient (Wildman–Crippen LogP) is 3.10. The Bertz CT molecular complexity index is 166. The smallest absolute Gasteiger partial charge is 0.142 e. The van der Waals surface area contributed by atoms with E-state index in [1.54, 1.807) is 0 Å². The first-order chi connectivity index (χ1) is 6.20. The lowest BCUT2D eigenvalue weighted by atomic mass is 10.1. The summed E-state index contributed by atoms with van der Waals surface area (Å²) in [7, 11) is 0. The Morgan fingerprint density at radius 1 is 1.36 bits per heavy atom. The van der Waals surface area contributed by atoms with Gasteiger partial charge >= 0.3 is 0 Å². The number of unbranched alkanes of at least 4 members (excludes halogenated alkanes) is 3. The molecule has 0 amide bonds. The summed E-state index contributed by atoms with van der Waals surface area (Å²) in [6.07, 6.45) is 6.82. The van der Waals surface area contributed by atoms with Gasteiger partial charge in [0, 0.05) is 1.37 Å². The maximum absolute atomic E-state index is 10.1. The van der Waals surface area contributed by atoms with Crippen molar-refractivity contribution >= 4 is 6.29 Å². The van der Waals surface area contributed by atoms with Crippen LogP contribution in [0.25, 0.3) is 0 Å². The topological polar surface area (TPSA) is 17.1 Å². The van der Waals surface area contributed by atoms with Gasteiger partial charge in [0.15, 0.2) is 0 Å². The normalized spacial score (nSPS) is 17.0. The van der Waals surface area contributed by atoms with Gasteiger partial charge in [-0.05, 0) is 18.9 Å². The first-order valence-corrected chi connectivity index (χ1v) is 4.26. The van der Waals surface area contributed by atoms with E-state index in [1.165, 1.54) is 18.9 Å². The number of aldehydes is 1. The molecule has 1 nitrogen and oxygen atoms in total. The Kier molecular flexibility index (Phi) is 6.06. The average molecular weight is 156 g/mol. The molecule has 0 saturated carbocycles. The molecule has 11 heavy (non-hydrogen) atoms. The Labute approximate surface area is 72.3 Å². The van der Waals surface area contributed by atoms with Gasteiger partial charge in [0.05, 0.1) is 1.37 Å². The lowest BCUT2D eigenvalue weighted by molar-refractivity contribution is -0.104. The predicted molar refractivity (Wildman–Crippen MR) is 48.6 cm³/mol. The molecule has 0 rings (SSSR count). The van der Waals surface area contributed by atoms with Crippen molar-refractivity contribution in [3.63, 3.8) is 0 Å². The van der Waals surface area contributed by atoms with E-state index < -0.39 is 0 Å². The van der Waals surface area contributed by atoms with Crippen molar-refractivity contribution in [1.29, 1.82) is 0 Å². The monoisotopic (exact) mass is 156 g/mol. The Morgan fingerprint density at radius 2 is 2.09 bits per heavy atom. The number of carbonyl (C=O) groups excluding carboxylic acids is 1. The van der Waals surface area contributed by atoms with E-state index in [1.807, 2.05) is 0 Å². The van der Waals surface area contributed by atoms with Crippen molar-refractivity contribution in [2.24, 2.45) is 0 Å². The lowest BCUT2D eigenvalue weighted by Crippen LogP contribution is -1.75. The SMILES string of the molecule is [2H]/C(C=O)=C\C([2H])CCCCCC. The molecular formula is C10H18O. The van der Waals surface area contributed by atoms with Crippen LogP contribution in [0.5, 0.6) is 0 Å². The Balaban J connectivity index is 3.50. The van der Waals surface area contributed by atoms with Gasteiger partial charge in [-0.15, -0.1) is 0 Å². The maximum Gasteiger partial charge on any atom is 0.142 e. The van der Waals surface area contributed by atoms with Gasteiger partial charge in [0.25, 0.3) is 0 Å². The minimum atomic E-state index is -0.380. The van der Waals surface area contributed by atoms with Gasteiger partial charge in [0.1, 0.15) is 6.29 Å². The standard InChI is InChI=1S/C10H18O/c1-2-3-4-5-6-7-8-9-10-11/h8-10H,2-7H2,1H3/b9-8+/i7D,9D. The fourth-order valence-electron chi connectivity index (χ4n) is 0.880. The summed E-state index contributed by atoms with van der Waals surface area (Å²) in [5.41, 5.74) is 0. The molecule has 0 aliphatic heterocycles. The second kappa shape index (κ2) is 9.41. The molecule has 0 aromatic heterocycles. The first kappa shape index (κ1) is 7.08. The van der Waals surface area contributed by atoms with E-state index in [0.29, 0.717) is 6.29 Å². The van der Waals surface area contributed by atoms with E-state index in [9.17, 15) is 4.79 Å². The van der Waals surface area contributed by atoms with Gasteiger partial charge in [-0.2, -0.15) is 0 Å². The van der Waals surface area contributed by atoms with Crippen molar-refractivity contribution in [1.82, 2.24) is 0 Å². The maximum atomic E-state index is 10.1. The van der Waals surface area contributed by atoms with Crippen LogP contribution in [0.1, 0.15) is 48.2 Å². The number of allylic oxidation sites excluding steroid dienone is 2. The highest BCUT2D eigenvalue weighted by Gasteiger charge is 1.85. The van der Waals surface area contributed by atoms with E-state index in [0.717, 1.165) is 19.3 Å². The summed E-state index contributed by atoms with van der Waals surface area (Å²) < 4.78 is 14.5. The second-order valence-electron chi connectivity index (χ2n) is 2.54. The van der Waals surface area contributed by atoms with E-state index in [4.69, 9.17) is 2.74 Å². The van der Waals surface area contributed by atoms with Crippen molar-refractivity contribution in [2.75, 3.05) is 0 Å². The van der Waals surface area contributed by atoms with Gasteiger partial charge in [-0.25, -0.2) is 0 Å². The summed E-state index contributed by atoms with van der Waals surface area (Å²) in [6.45, 7) is 2.15. The molecular weight excluding hydrogens is 136 g/mol. The third-order valence-electron chi connectivity index (χ3n) is 1.51. The van der Waals surface area contributed by atoms with Crippen LogP contribution in [-0.2, 0) is 4.79 Å². The zero-order valence-electron chi connectivity index (χ0n) is 9.18. The van der Waals surface area contributed by atoms with Crippen molar-refractivity contribution in [3.8, 4) is 0 Å². The van der Waals surface area contributed by atoms with Crippen molar-refractivity contribution in [3.05, 3.63) is 12.1 Å². The van der Waals surface area contributed by atoms with Gasteiger partial charge in [0.2, 0.25) is 0 Å². The fourth-order valence-corrected chi connectivity index (χ4v) is 0.880. The Morgan fingerprint density at radius 3 is 2.73 bits per heavy atom. The van der Waals surface area contributed by atoms with Crippen LogP contribution in [0, 0.1) is 0 Å². The molecule has 0 bridgehead atoms. The third-order valence-corrected chi connectivity index (χ3v) is 1.51. The van der Waals surface area contributed by atoms with E-state index >= 15 is 0 Å². The minimum Gasteiger partial charge on any atom is -0.299 e. The zero-order chi connectivity index (χ0) is 10.1. The van der Waals surface area contributed by atoms with Gasteiger partial charge in [-0.1, -0.05) is 38.7 Å². The second-order valence-corrected chi connectivity index (χ2v) is 2.54. The van der Waals surface area contributed by atoms with Crippen LogP contribution in [0.15, 0.2) is 12.1 Å². The van der Waals surface area contributed by atoms with Gasteiger partial charge in [-0.3, -0.25) is 4.79 Å². The third kappa shape index (κ3) is 9.41. The molecule has 0 saturated heterocycles. The molecule has 0 aromatic rings. The van der Waals surface area contributed by atoms with E-state index in [2.05, 4.69) is 6.92 Å². The summed E-state index contributed by atoms with van der Waals surface area (Å²) in [5.74, 6) is 0.